The Labute approximate surface area is 121 Å². The summed E-state index contributed by atoms with van der Waals surface area (Å²) in [5, 5.41) is 9.49. The fourth-order valence-electron chi connectivity index (χ4n) is 1.66. The number of aliphatic carboxylic acids is 1. The highest BCUT2D eigenvalue weighted by Gasteiger charge is 2.13. The van der Waals surface area contributed by atoms with Gasteiger partial charge in [0.1, 0.15) is 18.4 Å². The van der Waals surface area contributed by atoms with Gasteiger partial charge >= 0.3 is 5.97 Å². The number of nitrogens with two attached hydrogens (primary N) is 1. The number of hydrogen-bond donors (Lipinski definition) is 2. The molecule has 104 valence electrons. The van der Waals surface area contributed by atoms with E-state index in [0.717, 1.165) is 5.56 Å². The van der Waals surface area contributed by atoms with E-state index in [0.29, 0.717) is 22.9 Å². The number of carboxylic acids is 1. The zero-order chi connectivity index (χ0) is 14.5. The van der Waals surface area contributed by atoms with E-state index in [-0.39, 0.29) is 0 Å². The fourth-order valence-corrected chi connectivity index (χ4v) is 1.79. The minimum absolute atomic E-state index is 0.418. The lowest BCUT2D eigenvalue weighted by molar-refractivity contribution is -0.138. The van der Waals surface area contributed by atoms with Crippen molar-refractivity contribution >= 4 is 17.6 Å². The maximum atomic E-state index is 10.8. The van der Waals surface area contributed by atoms with E-state index in [1.54, 1.807) is 36.4 Å². The Morgan fingerprint density at radius 3 is 2.30 bits per heavy atom. The highest BCUT2D eigenvalue weighted by Crippen LogP contribution is 2.18. The molecule has 0 aliphatic heterocycles. The van der Waals surface area contributed by atoms with E-state index in [9.17, 15) is 4.79 Å². The maximum absolute atomic E-state index is 10.8. The molecule has 2 aromatic carbocycles. The van der Waals surface area contributed by atoms with Gasteiger partial charge in [-0.2, -0.15) is 0 Å². The molecule has 0 aliphatic rings. The quantitative estimate of drug-likeness (QED) is 0.888. The van der Waals surface area contributed by atoms with Gasteiger partial charge in [-0.3, -0.25) is 4.79 Å². The van der Waals surface area contributed by atoms with Crippen LogP contribution in [0.15, 0.2) is 48.5 Å². The molecule has 0 bridgehead atoms. The van der Waals surface area contributed by atoms with Crippen molar-refractivity contribution in [3.63, 3.8) is 0 Å². The normalized spacial score (nSPS) is 11.9. The summed E-state index contributed by atoms with van der Waals surface area (Å²) < 4.78 is 5.60. The number of hydrogen-bond acceptors (Lipinski definition) is 3. The van der Waals surface area contributed by atoms with Crippen LogP contribution in [0.3, 0.4) is 0 Å². The Kier molecular flexibility index (Phi) is 4.61. The van der Waals surface area contributed by atoms with Gasteiger partial charge in [0.2, 0.25) is 0 Å². The van der Waals surface area contributed by atoms with Crippen molar-refractivity contribution in [3.8, 4) is 5.75 Å². The Morgan fingerprint density at radius 2 is 1.75 bits per heavy atom. The van der Waals surface area contributed by atoms with Crippen molar-refractivity contribution < 1.29 is 14.6 Å². The average molecular weight is 292 g/mol. The van der Waals surface area contributed by atoms with E-state index in [2.05, 4.69) is 0 Å². The first kappa shape index (κ1) is 14.4. The lowest BCUT2D eigenvalue weighted by atomic mass is 10.1. The lowest BCUT2D eigenvalue weighted by Gasteiger charge is -2.09. The second-order valence-electron chi connectivity index (χ2n) is 4.30. The largest absolute Gasteiger partial charge is 0.489 e. The Hall–Kier alpha value is -2.04. The van der Waals surface area contributed by atoms with Gasteiger partial charge in [0.25, 0.3) is 0 Å². The molecular formula is C15H14ClNO3. The molecule has 0 fully saturated rings. The third-order valence-electron chi connectivity index (χ3n) is 2.82. The van der Waals surface area contributed by atoms with E-state index < -0.39 is 12.0 Å². The van der Waals surface area contributed by atoms with Gasteiger partial charge in [-0.1, -0.05) is 35.9 Å². The first-order chi connectivity index (χ1) is 9.56. The predicted octanol–water partition coefficient (Wildman–Crippen LogP) is 3.00. The molecule has 20 heavy (non-hydrogen) atoms. The van der Waals surface area contributed by atoms with Gasteiger partial charge in [0.05, 0.1) is 0 Å². The summed E-state index contributed by atoms with van der Waals surface area (Å²) in [5.41, 5.74) is 7.05. The topological polar surface area (TPSA) is 72.6 Å². The molecule has 0 saturated heterocycles. The molecule has 0 aliphatic carbocycles. The smallest absolute Gasteiger partial charge is 0.325 e. The van der Waals surface area contributed by atoms with Crippen LogP contribution >= 0.6 is 11.6 Å². The van der Waals surface area contributed by atoms with Crippen LogP contribution < -0.4 is 10.5 Å². The molecule has 0 saturated carbocycles. The van der Waals surface area contributed by atoms with Crippen molar-refractivity contribution in [2.75, 3.05) is 0 Å². The van der Waals surface area contributed by atoms with Crippen LogP contribution in [0.4, 0.5) is 0 Å². The zero-order valence-electron chi connectivity index (χ0n) is 10.6. The second-order valence-corrected chi connectivity index (χ2v) is 4.74. The highest BCUT2D eigenvalue weighted by atomic mass is 35.5. The molecule has 1 unspecified atom stereocenters. The Bertz CT molecular complexity index is 581. The lowest BCUT2D eigenvalue weighted by Crippen LogP contribution is -2.20. The molecule has 0 radical (unpaired) electrons. The van der Waals surface area contributed by atoms with E-state index in [1.807, 2.05) is 12.1 Å². The van der Waals surface area contributed by atoms with Gasteiger partial charge in [0.15, 0.2) is 0 Å². The van der Waals surface area contributed by atoms with E-state index in [1.165, 1.54) is 0 Å². The number of carboxylic acid groups (broad SMARTS) is 1. The summed E-state index contributed by atoms with van der Waals surface area (Å²) in [6.45, 7) is 0.418. The predicted molar refractivity (Wildman–Crippen MR) is 76.8 cm³/mol. The Morgan fingerprint density at radius 1 is 1.15 bits per heavy atom. The van der Waals surface area contributed by atoms with Gasteiger partial charge < -0.3 is 15.6 Å². The third kappa shape index (κ3) is 3.73. The van der Waals surface area contributed by atoms with Crippen molar-refractivity contribution in [3.05, 3.63) is 64.7 Å². The molecule has 2 aromatic rings. The van der Waals surface area contributed by atoms with Gasteiger partial charge in [-0.25, -0.2) is 0 Å². The molecule has 5 heteroatoms. The summed E-state index contributed by atoms with van der Waals surface area (Å²) in [6, 6.07) is 13.1. The molecule has 1 atom stereocenters. The third-order valence-corrected chi connectivity index (χ3v) is 3.08. The van der Waals surface area contributed by atoms with Crippen LogP contribution in [0.25, 0.3) is 0 Å². The van der Waals surface area contributed by atoms with E-state index >= 15 is 0 Å². The molecule has 4 nitrogen and oxygen atoms in total. The number of benzene rings is 2. The summed E-state index contributed by atoms with van der Waals surface area (Å²) >= 11 is 5.80. The molecule has 0 heterocycles. The molecule has 2 rings (SSSR count). The number of carbonyl (C=O) groups is 1. The first-order valence-electron chi connectivity index (χ1n) is 6.02. The van der Waals surface area contributed by atoms with Crippen LogP contribution in [0.5, 0.6) is 5.75 Å². The molecule has 0 aromatic heterocycles. The first-order valence-corrected chi connectivity index (χ1v) is 6.39. The number of ether oxygens (including phenoxy) is 1. The SMILES string of the molecule is NC(C(=O)O)c1ccc(OCc2ccc(Cl)cc2)cc1. The maximum Gasteiger partial charge on any atom is 0.325 e. The summed E-state index contributed by atoms with van der Waals surface area (Å²) in [6.07, 6.45) is 0. The fraction of sp³-hybridized carbons (Fsp3) is 0.133. The van der Waals surface area contributed by atoms with Crippen molar-refractivity contribution in [2.24, 2.45) is 5.73 Å². The van der Waals surface area contributed by atoms with Gasteiger partial charge in [0, 0.05) is 5.02 Å². The van der Waals surface area contributed by atoms with Gasteiger partial charge in [-0.05, 0) is 35.4 Å². The second kappa shape index (κ2) is 6.41. The minimum Gasteiger partial charge on any atom is -0.489 e. The van der Waals surface area contributed by atoms with Crippen molar-refractivity contribution in [1.82, 2.24) is 0 Å². The summed E-state index contributed by atoms with van der Waals surface area (Å²) in [7, 11) is 0. The van der Waals surface area contributed by atoms with Crippen molar-refractivity contribution in [1.29, 1.82) is 0 Å². The average Bonchev–Trinajstić information content (AvgIpc) is 2.46. The Balaban J connectivity index is 1.97. The van der Waals surface area contributed by atoms with Crippen LogP contribution in [0, 0.1) is 0 Å². The number of halogens is 1. The van der Waals surface area contributed by atoms with Crippen molar-refractivity contribution in [2.45, 2.75) is 12.6 Å². The summed E-state index contributed by atoms with van der Waals surface area (Å²) in [4.78, 5) is 10.8. The standard InChI is InChI=1S/C15H14ClNO3/c16-12-5-1-10(2-6-12)9-20-13-7-3-11(4-8-13)14(17)15(18)19/h1-8,14H,9,17H2,(H,18,19). The number of rotatable bonds is 5. The van der Waals surface area contributed by atoms with Crippen LogP contribution in [-0.2, 0) is 11.4 Å². The van der Waals surface area contributed by atoms with Crippen LogP contribution in [0.2, 0.25) is 5.02 Å². The molecular weight excluding hydrogens is 278 g/mol. The molecule has 3 N–H and O–H groups in total. The minimum atomic E-state index is -1.06. The van der Waals surface area contributed by atoms with Crippen LogP contribution in [0.1, 0.15) is 17.2 Å². The van der Waals surface area contributed by atoms with Gasteiger partial charge in [-0.15, -0.1) is 0 Å². The van der Waals surface area contributed by atoms with Crippen LogP contribution in [-0.4, -0.2) is 11.1 Å². The zero-order valence-corrected chi connectivity index (χ0v) is 11.4. The molecule has 0 spiro atoms. The highest BCUT2D eigenvalue weighted by molar-refractivity contribution is 6.30. The monoisotopic (exact) mass is 291 g/mol. The summed E-state index contributed by atoms with van der Waals surface area (Å²) in [5.74, 6) is -0.402. The van der Waals surface area contributed by atoms with E-state index in [4.69, 9.17) is 27.2 Å². The molecule has 0 amide bonds.